The molecule has 2 rings (SSSR count). The molecule has 0 atom stereocenters. The monoisotopic (exact) mass is 350 g/mol. The summed E-state index contributed by atoms with van der Waals surface area (Å²) in [6.45, 7) is 4.29. The number of halogens is 2. The number of rotatable bonds is 4. The van der Waals surface area contributed by atoms with E-state index in [-0.39, 0.29) is 11.6 Å². The quantitative estimate of drug-likeness (QED) is 0.847. The van der Waals surface area contributed by atoms with Crippen molar-refractivity contribution in [1.29, 1.82) is 0 Å². The Morgan fingerprint density at radius 3 is 2.71 bits per heavy atom. The van der Waals surface area contributed by atoms with E-state index in [9.17, 15) is 9.18 Å². The Balaban J connectivity index is 2.30. The molecule has 0 heterocycles. The van der Waals surface area contributed by atoms with Gasteiger partial charge in [0.1, 0.15) is 5.82 Å². The molecule has 2 aromatic carbocycles. The minimum Gasteiger partial charge on any atom is -0.382 e. The SMILES string of the molecule is CCNc1c(F)cccc1C(=O)Nc1ccc(Br)cc1C. The van der Waals surface area contributed by atoms with Gasteiger partial charge in [-0.25, -0.2) is 4.39 Å². The number of carbonyl (C=O) groups excluding carboxylic acids is 1. The summed E-state index contributed by atoms with van der Waals surface area (Å²) in [5, 5.41) is 5.70. The number of anilines is 2. The molecule has 0 bridgehead atoms. The van der Waals surface area contributed by atoms with Crippen molar-refractivity contribution >= 4 is 33.2 Å². The molecule has 0 aliphatic heterocycles. The third kappa shape index (κ3) is 3.61. The first-order chi connectivity index (χ1) is 10.0. The van der Waals surface area contributed by atoms with E-state index >= 15 is 0 Å². The van der Waals surface area contributed by atoms with E-state index < -0.39 is 5.82 Å². The second-order valence-electron chi connectivity index (χ2n) is 4.61. The van der Waals surface area contributed by atoms with Gasteiger partial charge < -0.3 is 10.6 Å². The second kappa shape index (κ2) is 6.72. The van der Waals surface area contributed by atoms with Crippen molar-refractivity contribution in [2.75, 3.05) is 17.2 Å². The summed E-state index contributed by atoms with van der Waals surface area (Å²) < 4.78 is 14.8. The Labute approximate surface area is 131 Å². The normalized spacial score (nSPS) is 10.3. The fourth-order valence-electron chi connectivity index (χ4n) is 2.03. The standard InChI is InChI=1S/C16H16BrFN2O/c1-3-19-15-12(5-4-6-13(15)18)16(21)20-14-8-7-11(17)9-10(14)2/h4-9,19H,3H2,1-2H3,(H,20,21). The maximum absolute atomic E-state index is 13.8. The first-order valence-corrected chi connectivity index (χ1v) is 7.42. The molecule has 0 spiro atoms. The summed E-state index contributed by atoms with van der Waals surface area (Å²) in [5.74, 6) is -0.770. The van der Waals surface area contributed by atoms with Crippen LogP contribution in [-0.4, -0.2) is 12.5 Å². The first-order valence-electron chi connectivity index (χ1n) is 6.62. The van der Waals surface area contributed by atoms with E-state index in [1.807, 2.05) is 32.0 Å². The van der Waals surface area contributed by atoms with E-state index in [4.69, 9.17) is 0 Å². The van der Waals surface area contributed by atoms with Gasteiger partial charge in [0.05, 0.1) is 11.3 Å². The Morgan fingerprint density at radius 1 is 1.29 bits per heavy atom. The van der Waals surface area contributed by atoms with Crippen LogP contribution in [0.3, 0.4) is 0 Å². The number of para-hydroxylation sites is 1. The molecule has 21 heavy (non-hydrogen) atoms. The molecule has 3 nitrogen and oxygen atoms in total. The summed E-state index contributed by atoms with van der Waals surface area (Å²) in [6, 6.07) is 10.0. The van der Waals surface area contributed by atoms with Gasteiger partial charge in [-0.1, -0.05) is 22.0 Å². The van der Waals surface area contributed by atoms with Crippen molar-refractivity contribution < 1.29 is 9.18 Å². The Bertz CT molecular complexity index is 673. The fourth-order valence-corrected chi connectivity index (χ4v) is 2.50. The highest BCUT2D eigenvalue weighted by Gasteiger charge is 2.15. The lowest BCUT2D eigenvalue weighted by atomic mass is 10.1. The minimum atomic E-state index is -0.433. The van der Waals surface area contributed by atoms with Crippen LogP contribution < -0.4 is 10.6 Å². The predicted molar refractivity (Wildman–Crippen MR) is 87.4 cm³/mol. The third-order valence-electron chi connectivity index (χ3n) is 3.05. The van der Waals surface area contributed by atoms with Gasteiger partial charge in [0.25, 0.3) is 5.91 Å². The van der Waals surface area contributed by atoms with Crippen LogP contribution in [0.25, 0.3) is 0 Å². The molecular formula is C16H16BrFN2O. The van der Waals surface area contributed by atoms with Gasteiger partial charge in [-0.3, -0.25) is 4.79 Å². The number of carbonyl (C=O) groups is 1. The second-order valence-corrected chi connectivity index (χ2v) is 5.52. The van der Waals surface area contributed by atoms with Gasteiger partial charge in [-0.15, -0.1) is 0 Å². The minimum absolute atomic E-state index is 0.229. The molecule has 2 aromatic rings. The molecule has 0 saturated carbocycles. The van der Waals surface area contributed by atoms with Gasteiger partial charge in [-0.05, 0) is 49.7 Å². The van der Waals surface area contributed by atoms with Gasteiger partial charge in [0, 0.05) is 16.7 Å². The molecule has 0 aliphatic rings. The molecular weight excluding hydrogens is 335 g/mol. The van der Waals surface area contributed by atoms with Crippen LogP contribution in [-0.2, 0) is 0 Å². The van der Waals surface area contributed by atoms with Gasteiger partial charge in [-0.2, -0.15) is 0 Å². The lowest BCUT2D eigenvalue weighted by Crippen LogP contribution is -2.16. The van der Waals surface area contributed by atoms with Crippen molar-refractivity contribution in [3.8, 4) is 0 Å². The van der Waals surface area contributed by atoms with Crippen molar-refractivity contribution in [3.05, 3.63) is 57.8 Å². The highest BCUT2D eigenvalue weighted by molar-refractivity contribution is 9.10. The van der Waals surface area contributed by atoms with E-state index in [1.54, 1.807) is 6.07 Å². The number of nitrogens with one attached hydrogen (secondary N) is 2. The maximum atomic E-state index is 13.8. The summed E-state index contributed by atoms with van der Waals surface area (Å²) in [7, 11) is 0. The van der Waals surface area contributed by atoms with Crippen molar-refractivity contribution in [1.82, 2.24) is 0 Å². The van der Waals surface area contributed by atoms with Gasteiger partial charge in [0.2, 0.25) is 0 Å². The van der Waals surface area contributed by atoms with Crippen LogP contribution in [0.5, 0.6) is 0 Å². The van der Waals surface area contributed by atoms with E-state index in [0.717, 1.165) is 10.0 Å². The van der Waals surface area contributed by atoms with Crippen LogP contribution >= 0.6 is 15.9 Å². The zero-order valence-corrected chi connectivity index (χ0v) is 13.4. The van der Waals surface area contributed by atoms with Crippen molar-refractivity contribution in [3.63, 3.8) is 0 Å². The lowest BCUT2D eigenvalue weighted by molar-refractivity contribution is 0.102. The Kier molecular flexibility index (Phi) is 4.96. The maximum Gasteiger partial charge on any atom is 0.257 e. The summed E-state index contributed by atoms with van der Waals surface area (Å²) in [5.41, 5.74) is 2.15. The summed E-state index contributed by atoms with van der Waals surface area (Å²) >= 11 is 3.38. The lowest BCUT2D eigenvalue weighted by Gasteiger charge is -2.13. The highest BCUT2D eigenvalue weighted by Crippen LogP contribution is 2.24. The molecule has 0 aromatic heterocycles. The average Bonchev–Trinajstić information content (AvgIpc) is 2.44. The number of aryl methyl sites for hydroxylation is 1. The molecule has 2 N–H and O–H groups in total. The smallest absolute Gasteiger partial charge is 0.257 e. The number of amides is 1. The number of hydrogen-bond donors (Lipinski definition) is 2. The van der Waals surface area contributed by atoms with E-state index in [2.05, 4.69) is 26.6 Å². The molecule has 5 heteroatoms. The third-order valence-corrected chi connectivity index (χ3v) is 3.54. The van der Waals surface area contributed by atoms with E-state index in [0.29, 0.717) is 17.8 Å². The average molecular weight is 351 g/mol. The molecule has 110 valence electrons. The van der Waals surface area contributed by atoms with E-state index in [1.165, 1.54) is 12.1 Å². The molecule has 0 radical (unpaired) electrons. The fraction of sp³-hybridized carbons (Fsp3) is 0.188. The van der Waals surface area contributed by atoms with Crippen LogP contribution in [0.2, 0.25) is 0 Å². The Hall–Kier alpha value is -1.88. The van der Waals surface area contributed by atoms with Gasteiger partial charge in [0.15, 0.2) is 0 Å². The van der Waals surface area contributed by atoms with Crippen LogP contribution in [0.15, 0.2) is 40.9 Å². The van der Waals surface area contributed by atoms with Crippen LogP contribution in [0, 0.1) is 12.7 Å². The molecule has 1 amide bonds. The highest BCUT2D eigenvalue weighted by atomic mass is 79.9. The molecule has 0 aliphatic carbocycles. The topological polar surface area (TPSA) is 41.1 Å². The van der Waals surface area contributed by atoms with Crippen molar-refractivity contribution in [2.45, 2.75) is 13.8 Å². The first kappa shape index (κ1) is 15.5. The summed E-state index contributed by atoms with van der Waals surface area (Å²) in [6.07, 6.45) is 0. The van der Waals surface area contributed by atoms with Crippen LogP contribution in [0.1, 0.15) is 22.8 Å². The molecule has 0 saturated heterocycles. The Morgan fingerprint density at radius 2 is 2.05 bits per heavy atom. The zero-order chi connectivity index (χ0) is 15.4. The van der Waals surface area contributed by atoms with Gasteiger partial charge >= 0.3 is 0 Å². The molecule has 0 fully saturated rings. The van der Waals surface area contributed by atoms with Crippen molar-refractivity contribution in [2.24, 2.45) is 0 Å². The molecule has 0 unspecified atom stereocenters. The summed E-state index contributed by atoms with van der Waals surface area (Å²) in [4.78, 5) is 12.4. The van der Waals surface area contributed by atoms with Crippen LogP contribution in [0.4, 0.5) is 15.8 Å². The predicted octanol–water partition coefficient (Wildman–Crippen LogP) is 4.58. The largest absolute Gasteiger partial charge is 0.382 e. The number of hydrogen-bond acceptors (Lipinski definition) is 2. The zero-order valence-electron chi connectivity index (χ0n) is 11.8. The number of benzene rings is 2.